The summed E-state index contributed by atoms with van der Waals surface area (Å²) in [6, 6.07) is 23.1. The molecule has 0 aliphatic heterocycles. The Morgan fingerprint density at radius 1 is 0.939 bits per heavy atom. The molecule has 0 atom stereocenters. The predicted octanol–water partition coefficient (Wildman–Crippen LogP) is 4.99. The number of thiophene rings is 1. The van der Waals surface area contributed by atoms with Gasteiger partial charge in [-0.15, -0.1) is 11.3 Å². The zero-order valence-corrected chi connectivity index (χ0v) is 20.0. The van der Waals surface area contributed by atoms with Crippen molar-refractivity contribution in [2.45, 2.75) is 25.9 Å². The van der Waals surface area contributed by atoms with Crippen LogP contribution in [0.5, 0.6) is 0 Å². The minimum Gasteiger partial charge on any atom is -0.332 e. The number of rotatable bonds is 11. The molecule has 2 aromatic carbocycles. The van der Waals surface area contributed by atoms with Crippen LogP contribution in [0.1, 0.15) is 28.8 Å². The van der Waals surface area contributed by atoms with Crippen LogP contribution in [0.15, 0.2) is 83.6 Å². The first kappa shape index (κ1) is 23.4. The van der Waals surface area contributed by atoms with Crippen LogP contribution in [0, 0.1) is 5.92 Å². The van der Waals surface area contributed by atoms with E-state index in [-0.39, 0.29) is 12.5 Å². The van der Waals surface area contributed by atoms with Gasteiger partial charge in [0.05, 0.1) is 13.1 Å². The van der Waals surface area contributed by atoms with E-state index in [1.807, 2.05) is 78.2 Å². The van der Waals surface area contributed by atoms with E-state index in [9.17, 15) is 13.2 Å². The van der Waals surface area contributed by atoms with Crippen LogP contribution in [0.2, 0.25) is 0 Å². The predicted molar refractivity (Wildman–Crippen MR) is 134 cm³/mol. The average Bonchev–Trinajstić information content (AvgIpc) is 3.50. The summed E-state index contributed by atoms with van der Waals surface area (Å²) in [6.07, 6.45) is 3.60. The molecule has 3 aromatic rings. The van der Waals surface area contributed by atoms with Gasteiger partial charge < -0.3 is 4.90 Å². The highest BCUT2D eigenvalue weighted by Gasteiger charge is 2.32. The van der Waals surface area contributed by atoms with Gasteiger partial charge >= 0.3 is 0 Å². The molecule has 1 aliphatic rings. The Hall–Kier alpha value is -2.74. The van der Waals surface area contributed by atoms with Gasteiger partial charge in [-0.2, -0.15) is 4.31 Å². The van der Waals surface area contributed by atoms with Gasteiger partial charge in [-0.3, -0.25) is 4.79 Å². The Morgan fingerprint density at radius 3 is 2.27 bits per heavy atom. The van der Waals surface area contributed by atoms with Crippen molar-refractivity contribution in [2.75, 3.05) is 13.1 Å². The highest BCUT2D eigenvalue weighted by atomic mass is 32.2. The van der Waals surface area contributed by atoms with Gasteiger partial charge in [0.1, 0.15) is 0 Å². The molecule has 1 heterocycles. The van der Waals surface area contributed by atoms with Gasteiger partial charge in [-0.05, 0) is 47.4 Å². The fourth-order valence-corrected chi connectivity index (χ4v) is 5.47. The third-order valence-electron chi connectivity index (χ3n) is 5.56. The topological polar surface area (TPSA) is 57.7 Å². The van der Waals surface area contributed by atoms with E-state index in [0.29, 0.717) is 25.6 Å². The molecule has 0 radical (unpaired) electrons. The number of hydrogen-bond donors (Lipinski definition) is 0. The lowest BCUT2D eigenvalue weighted by atomic mass is 10.2. The Balaban J connectivity index is 1.52. The standard InChI is InChI=1S/C26H28N2O3S2/c29-26(27(20-25-12-7-16-32-25)18-23-10-5-2-6-11-23)21-28(19-24-13-14-24)33(30,31)17-15-22-8-3-1-4-9-22/h1-12,15-17,24H,13-14,18-21H2. The molecule has 1 aromatic heterocycles. The molecule has 1 aliphatic carbocycles. The SMILES string of the molecule is O=C(CN(CC1CC1)S(=O)(=O)C=Cc1ccccc1)N(Cc1ccccc1)Cc1cccs1. The highest BCUT2D eigenvalue weighted by Crippen LogP contribution is 2.31. The van der Waals surface area contributed by atoms with Gasteiger partial charge in [-0.25, -0.2) is 8.42 Å². The van der Waals surface area contributed by atoms with Crippen LogP contribution in [-0.2, 0) is 27.9 Å². The van der Waals surface area contributed by atoms with Gasteiger partial charge in [0, 0.05) is 23.4 Å². The van der Waals surface area contributed by atoms with Gasteiger partial charge in [0.2, 0.25) is 15.9 Å². The molecular formula is C26H28N2O3S2. The van der Waals surface area contributed by atoms with E-state index < -0.39 is 10.0 Å². The molecular weight excluding hydrogens is 452 g/mol. The minimum atomic E-state index is -3.73. The lowest BCUT2D eigenvalue weighted by Gasteiger charge is -2.26. The zero-order valence-electron chi connectivity index (χ0n) is 18.4. The van der Waals surface area contributed by atoms with E-state index in [0.717, 1.165) is 28.8 Å². The second kappa shape index (κ2) is 10.9. The zero-order chi connectivity index (χ0) is 23.1. The molecule has 1 saturated carbocycles. The fourth-order valence-electron chi connectivity index (χ4n) is 3.54. The second-order valence-corrected chi connectivity index (χ2v) is 11.2. The summed E-state index contributed by atoms with van der Waals surface area (Å²) >= 11 is 1.59. The molecule has 5 nitrogen and oxygen atoms in total. The van der Waals surface area contributed by atoms with Gasteiger partial charge in [-0.1, -0.05) is 66.7 Å². The van der Waals surface area contributed by atoms with E-state index in [1.165, 1.54) is 9.71 Å². The molecule has 1 fully saturated rings. The summed E-state index contributed by atoms with van der Waals surface area (Å²) in [5.41, 5.74) is 1.82. The number of sulfonamides is 1. The van der Waals surface area contributed by atoms with Crippen molar-refractivity contribution in [1.29, 1.82) is 0 Å². The van der Waals surface area contributed by atoms with Crippen molar-refractivity contribution in [3.63, 3.8) is 0 Å². The molecule has 0 unspecified atom stereocenters. The third-order valence-corrected chi connectivity index (χ3v) is 7.90. The van der Waals surface area contributed by atoms with Crippen LogP contribution in [-0.4, -0.2) is 36.6 Å². The summed E-state index contributed by atoms with van der Waals surface area (Å²) < 4.78 is 27.7. The van der Waals surface area contributed by atoms with E-state index in [2.05, 4.69) is 0 Å². The molecule has 0 bridgehead atoms. The monoisotopic (exact) mass is 480 g/mol. The van der Waals surface area contributed by atoms with Gasteiger partial charge in [0.15, 0.2) is 0 Å². The van der Waals surface area contributed by atoms with E-state index in [4.69, 9.17) is 0 Å². The fraction of sp³-hybridized carbons (Fsp3) is 0.269. The second-order valence-electron chi connectivity index (χ2n) is 8.31. The molecule has 1 amide bonds. The quantitative estimate of drug-likeness (QED) is 0.389. The number of hydrogen-bond acceptors (Lipinski definition) is 4. The van der Waals surface area contributed by atoms with Crippen molar-refractivity contribution >= 4 is 33.3 Å². The highest BCUT2D eigenvalue weighted by molar-refractivity contribution is 7.92. The van der Waals surface area contributed by atoms with Crippen LogP contribution >= 0.6 is 11.3 Å². The van der Waals surface area contributed by atoms with Crippen molar-refractivity contribution in [1.82, 2.24) is 9.21 Å². The average molecular weight is 481 g/mol. The summed E-state index contributed by atoms with van der Waals surface area (Å²) in [4.78, 5) is 16.2. The third kappa shape index (κ3) is 7.12. The maximum atomic E-state index is 13.4. The summed E-state index contributed by atoms with van der Waals surface area (Å²) in [5.74, 6) is 0.141. The Kier molecular flexibility index (Phi) is 7.75. The summed E-state index contributed by atoms with van der Waals surface area (Å²) in [5, 5.41) is 3.21. The Labute approximate surface area is 200 Å². The molecule has 0 saturated heterocycles. The lowest BCUT2D eigenvalue weighted by Crippen LogP contribution is -2.42. The first-order valence-electron chi connectivity index (χ1n) is 11.1. The maximum Gasteiger partial charge on any atom is 0.238 e. The summed E-state index contributed by atoms with van der Waals surface area (Å²) in [6.45, 7) is 1.12. The normalized spacial score (nSPS) is 14.1. The molecule has 4 rings (SSSR count). The molecule has 0 spiro atoms. The summed E-state index contributed by atoms with van der Waals surface area (Å²) in [7, 11) is -3.73. The molecule has 0 N–H and O–H groups in total. The van der Waals surface area contributed by atoms with Crippen molar-refractivity contribution in [2.24, 2.45) is 5.92 Å². The Bertz CT molecular complexity index is 1160. The number of carbonyl (C=O) groups is 1. The molecule has 33 heavy (non-hydrogen) atoms. The van der Waals surface area contributed by atoms with E-state index >= 15 is 0 Å². The molecule has 7 heteroatoms. The van der Waals surface area contributed by atoms with Crippen LogP contribution < -0.4 is 0 Å². The van der Waals surface area contributed by atoms with E-state index in [1.54, 1.807) is 22.3 Å². The Morgan fingerprint density at radius 2 is 1.64 bits per heavy atom. The number of nitrogens with zero attached hydrogens (tertiary/aromatic N) is 2. The van der Waals surface area contributed by atoms with Crippen molar-refractivity contribution < 1.29 is 13.2 Å². The number of carbonyl (C=O) groups excluding carboxylic acids is 1. The first-order valence-corrected chi connectivity index (χ1v) is 13.5. The number of benzene rings is 2. The van der Waals surface area contributed by atoms with Crippen LogP contribution in [0.3, 0.4) is 0 Å². The first-order chi connectivity index (χ1) is 16.0. The van der Waals surface area contributed by atoms with Crippen molar-refractivity contribution in [3.8, 4) is 0 Å². The minimum absolute atomic E-state index is 0.157. The van der Waals surface area contributed by atoms with Crippen molar-refractivity contribution in [3.05, 3.63) is 99.6 Å². The van der Waals surface area contributed by atoms with Crippen LogP contribution in [0.25, 0.3) is 6.08 Å². The van der Waals surface area contributed by atoms with Gasteiger partial charge in [0.25, 0.3) is 0 Å². The lowest BCUT2D eigenvalue weighted by molar-refractivity contribution is -0.132. The maximum absolute atomic E-state index is 13.4. The largest absolute Gasteiger partial charge is 0.332 e. The number of amides is 1. The molecule has 172 valence electrons. The smallest absolute Gasteiger partial charge is 0.238 e. The van der Waals surface area contributed by atoms with Crippen LogP contribution in [0.4, 0.5) is 0 Å².